The quantitative estimate of drug-likeness (QED) is 0.613. The van der Waals surface area contributed by atoms with Crippen LogP contribution in [0.15, 0.2) is 41.3 Å². The molecule has 6 nitrogen and oxygen atoms in total. The first kappa shape index (κ1) is 19.5. The Kier molecular flexibility index (Phi) is 5.12. The lowest BCUT2D eigenvalue weighted by atomic mass is 9.97. The zero-order chi connectivity index (χ0) is 19.8. The minimum absolute atomic E-state index is 0.00630. The van der Waals surface area contributed by atoms with E-state index in [0.29, 0.717) is 18.3 Å². The maximum absolute atomic E-state index is 12.8. The topological polar surface area (TPSA) is 79.4 Å². The Morgan fingerprint density at radius 2 is 2.15 bits per heavy atom. The second-order valence-corrected chi connectivity index (χ2v) is 9.48. The third kappa shape index (κ3) is 4.05. The lowest BCUT2D eigenvalue weighted by Crippen LogP contribution is -2.41. The van der Waals surface area contributed by atoms with Crippen molar-refractivity contribution in [2.75, 3.05) is 11.4 Å². The smallest absolute Gasteiger partial charge is 0.289 e. The minimum Gasteiger partial charge on any atom is -0.351 e. The molecule has 1 amide bonds. The van der Waals surface area contributed by atoms with E-state index in [9.17, 15) is 13.2 Å². The van der Waals surface area contributed by atoms with Crippen molar-refractivity contribution in [2.24, 2.45) is 5.92 Å². The Balaban J connectivity index is 1.95. The molecule has 1 aliphatic heterocycles. The van der Waals surface area contributed by atoms with E-state index in [0.717, 1.165) is 6.42 Å². The van der Waals surface area contributed by atoms with Crippen molar-refractivity contribution in [1.82, 2.24) is 9.71 Å². The molecular formula is C19H21ClN3O3S+. The van der Waals surface area contributed by atoms with E-state index in [1.54, 1.807) is 0 Å². The fourth-order valence-electron chi connectivity index (χ4n) is 3.55. The van der Waals surface area contributed by atoms with Gasteiger partial charge in [0.1, 0.15) is 23.1 Å². The van der Waals surface area contributed by atoms with E-state index >= 15 is 0 Å². The van der Waals surface area contributed by atoms with Crippen LogP contribution in [0.4, 0.5) is 5.82 Å². The first-order chi connectivity index (χ1) is 12.6. The van der Waals surface area contributed by atoms with Crippen molar-refractivity contribution in [3.8, 4) is 0 Å². The molecule has 27 heavy (non-hydrogen) atoms. The number of aromatic nitrogens is 1. The fourth-order valence-corrected chi connectivity index (χ4v) is 4.66. The van der Waals surface area contributed by atoms with Crippen LogP contribution in [0.3, 0.4) is 0 Å². The van der Waals surface area contributed by atoms with E-state index in [1.165, 1.54) is 36.4 Å². The van der Waals surface area contributed by atoms with Gasteiger partial charge in [-0.3, -0.25) is 4.79 Å². The summed E-state index contributed by atoms with van der Waals surface area (Å²) in [4.78, 5) is 19.2. The molecule has 0 radical (unpaired) electrons. The van der Waals surface area contributed by atoms with Crippen LogP contribution in [0.5, 0.6) is 0 Å². The van der Waals surface area contributed by atoms with Gasteiger partial charge in [0.2, 0.25) is 0 Å². The summed E-state index contributed by atoms with van der Waals surface area (Å²) in [6.07, 6.45) is 9.38. The van der Waals surface area contributed by atoms with Gasteiger partial charge >= 0.3 is 0 Å². The van der Waals surface area contributed by atoms with Crippen molar-refractivity contribution in [3.63, 3.8) is 0 Å². The van der Waals surface area contributed by atoms with E-state index in [-0.39, 0.29) is 21.2 Å². The number of carbonyl (C=O) groups excluding carboxylic acids is 1. The van der Waals surface area contributed by atoms with Gasteiger partial charge in [0.05, 0.1) is 17.7 Å². The highest BCUT2D eigenvalue weighted by Crippen LogP contribution is 2.37. The monoisotopic (exact) mass is 406 g/mol. The van der Waals surface area contributed by atoms with Crippen molar-refractivity contribution in [3.05, 3.63) is 58.1 Å². The molecular weight excluding hydrogens is 386 g/mol. The first-order valence-corrected chi connectivity index (χ1v) is 10.4. The summed E-state index contributed by atoms with van der Waals surface area (Å²) in [5, 5.41) is 0.248. The van der Waals surface area contributed by atoms with E-state index < -0.39 is 15.9 Å². The Bertz CT molecular complexity index is 964. The molecule has 3 rings (SSSR count). The number of pyridine rings is 1. The molecule has 0 aromatic carbocycles. The number of halogens is 1. The SMILES string of the molecule is C[C@@H]1CN(c2nc(Cl)ccc2C(=O)NS(=O)(=O)C2=CC=[C+]C=C2)C(C)(C)C1. The molecule has 1 aromatic heterocycles. The van der Waals surface area contributed by atoms with Gasteiger partial charge < -0.3 is 4.90 Å². The van der Waals surface area contributed by atoms with Gasteiger partial charge in [-0.15, -0.1) is 0 Å². The highest BCUT2D eigenvalue weighted by molar-refractivity contribution is 7.94. The maximum Gasteiger partial charge on any atom is 0.289 e. The van der Waals surface area contributed by atoms with Crippen LogP contribution in [0.1, 0.15) is 37.6 Å². The second-order valence-electron chi connectivity index (χ2n) is 7.41. The molecule has 142 valence electrons. The van der Waals surface area contributed by atoms with Crippen LogP contribution in [0.25, 0.3) is 0 Å². The van der Waals surface area contributed by atoms with Crippen LogP contribution in [0, 0.1) is 12.0 Å². The van der Waals surface area contributed by atoms with E-state index in [1.807, 2.05) is 4.90 Å². The predicted molar refractivity (Wildman–Crippen MR) is 106 cm³/mol. The molecule has 0 unspecified atom stereocenters. The molecule has 1 N–H and O–H groups in total. The average molecular weight is 407 g/mol. The second kappa shape index (κ2) is 7.08. The van der Waals surface area contributed by atoms with E-state index in [2.05, 4.69) is 36.6 Å². The Labute approximate surface area is 164 Å². The highest BCUT2D eigenvalue weighted by Gasteiger charge is 2.39. The average Bonchev–Trinajstić information content (AvgIpc) is 2.87. The van der Waals surface area contributed by atoms with Gasteiger partial charge in [-0.2, -0.15) is 8.42 Å². The number of rotatable bonds is 4. The van der Waals surface area contributed by atoms with Crippen molar-refractivity contribution in [2.45, 2.75) is 32.7 Å². The number of sulfonamides is 1. The van der Waals surface area contributed by atoms with Gasteiger partial charge in [-0.05, 0) is 38.3 Å². The molecule has 8 heteroatoms. The molecule has 1 aromatic rings. The Morgan fingerprint density at radius 1 is 1.41 bits per heavy atom. The minimum atomic E-state index is -4.00. The molecule has 1 aliphatic carbocycles. The third-order valence-corrected chi connectivity index (χ3v) is 6.20. The molecule has 0 spiro atoms. The van der Waals surface area contributed by atoms with Crippen molar-refractivity contribution in [1.29, 1.82) is 0 Å². The number of nitrogens with one attached hydrogen (secondary N) is 1. The molecule has 0 bridgehead atoms. The van der Waals surface area contributed by atoms with Crippen LogP contribution >= 0.6 is 11.6 Å². The number of hydrogen-bond acceptors (Lipinski definition) is 5. The van der Waals surface area contributed by atoms with Crippen LogP contribution in [0.2, 0.25) is 5.15 Å². The molecule has 2 aliphatic rings. The number of hydrogen-bond donors (Lipinski definition) is 1. The summed E-state index contributed by atoms with van der Waals surface area (Å²) >= 11 is 6.07. The zero-order valence-electron chi connectivity index (χ0n) is 15.4. The van der Waals surface area contributed by atoms with Crippen LogP contribution in [-0.4, -0.2) is 31.4 Å². The largest absolute Gasteiger partial charge is 0.351 e. The normalized spacial score (nSPS) is 21.0. The summed E-state index contributed by atoms with van der Waals surface area (Å²) in [7, 11) is -4.00. The molecule has 1 atom stereocenters. The lowest BCUT2D eigenvalue weighted by Gasteiger charge is -2.33. The lowest BCUT2D eigenvalue weighted by molar-refractivity contribution is 0.0982. The number of carbonyl (C=O) groups is 1. The first-order valence-electron chi connectivity index (χ1n) is 8.57. The Hall–Kier alpha value is -2.21. The number of nitrogens with zero attached hydrogens (tertiary/aromatic N) is 2. The number of allylic oxidation sites excluding steroid dienone is 5. The van der Waals surface area contributed by atoms with Gasteiger partial charge in [-0.25, -0.2) is 9.71 Å². The number of amides is 1. The van der Waals surface area contributed by atoms with E-state index in [4.69, 9.17) is 11.6 Å². The summed E-state index contributed by atoms with van der Waals surface area (Å²) in [6, 6.07) is 2.99. The molecule has 1 saturated heterocycles. The van der Waals surface area contributed by atoms with Gasteiger partial charge in [0, 0.05) is 18.2 Å². The molecule has 1 fully saturated rings. The molecule has 0 saturated carbocycles. The van der Waals surface area contributed by atoms with Crippen LogP contribution in [-0.2, 0) is 10.0 Å². The molecule has 2 heterocycles. The Morgan fingerprint density at radius 3 is 2.74 bits per heavy atom. The summed E-state index contributed by atoms with van der Waals surface area (Å²) < 4.78 is 27.1. The van der Waals surface area contributed by atoms with Gasteiger partial charge in [0.25, 0.3) is 15.9 Å². The predicted octanol–water partition coefficient (Wildman–Crippen LogP) is 3.23. The van der Waals surface area contributed by atoms with Gasteiger partial charge in [-0.1, -0.05) is 18.5 Å². The van der Waals surface area contributed by atoms with Crippen molar-refractivity contribution < 1.29 is 13.2 Å². The zero-order valence-corrected chi connectivity index (χ0v) is 16.9. The summed E-state index contributed by atoms with van der Waals surface area (Å²) in [5.74, 6) is 0.0734. The third-order valence-electron chi connectivity index (χ3n) is 4.64. The van der Waals surface area contributed by atoms with Gasteiger partial charge in [0.15, 0.2) is 4.91 Å². The standard InChI is InChI=1S/C19H20ClN3O3S/c1-13-11-19(2,3)23(12-13)17-15(9-10-16(20)21-17)18(24)22-27(25,26)14-7-5-4-6-8-14/h5-10,13H,11-12H2,1-3H3/p+1/t13-/m0/s1. The summed E-state index contributed by atoms with van der Waals surface area (Å²) in [6.45, 7) is 6.97. The summed E-state index contributed by atoms with van der Waals surface area (Å²) in [5.41, 5.74) is -0.0482. The van der Waals surface area contributed by atoms with Crippen molar-refractivity contribution >= 4 is 33.3 Å². The fraction of sp³-hybridized carbons (Fsp3) is 0.368. The maximum atomic E-state index is 12.8. The highest BCUT2D eigenvalue weighted by atomic mass is 35.5. The number of anilines is 1. The van der Waals surface area contributed by atoms with Crippen LogP contribution < -0.4 is 9.62 Å².